The molecule has 2 fully saturated rings. The zero-order valence-corrected chi connectivity index (χ0v) is 35.6. The molecule has 0 unspecified atom stereocenters. The number of alkyl carbamates (subject to hydrolysis) is 2. The Morgan fingerprint density at radius 2 is 1.15 bits per heavy atom. The van der Waals surface area contributed by atoms with E-state index in [4.69, 9.17) is 19.4 Å². The van der Waals surface area contributed by atoms with E-state index in [0.29, 0.717) is 24.5 Å². The fourth-order valence-electron chi connectivity index (χ4n) is 8.64. The topological polar surface area (TPSA) is 175 Å². The first-order valence-corrected chi connectivity index (χ1v) is 21.1. The lowest BCUT2D eigenvalue weighted by molar-refractivity contribution is -0.135. The van der Waals surface area contributed by atoms with Gasteiger partial charge in [0.25, 0.3) is 5.91 Å². The van der Waals surface area contributed by atoms with Crippen LogP contribution >= 0.6 is 0 Å². The number of H-pyrrole nitrogens is 2. The summed E-state index contributed by atoms with van der Waals surface area (Å²) < 4.78 is 9.63. The number of likely N-dealkylation sites (tertiary alicyclic amines) is 2. The molecular formula is C48H52N8O6. The Morgan fingerprint density at radius 3 is 1.73 bits per heavy atom. The van der Waals surface area contributed by atoms with E-state index in [1.165, 1.54) is 14.2 Å². The number of aromatic nitrogens is 4. The van der Waals surface area contributed by atoms with Crippen LogP contribution in [0.3, 0.4) is 0 Å². The summed E-state index contributed by atoms with van der Waals surface area (Å²) in [5, 5.41) is 7.62. The largest absolute Gasteiger partial charge is 0.453 e. The number of rotatable bonds is 11. The highest BCUT2D eigenvalue weighted by Crippen LogP contribution is 2.36. The van der Waals surface area contributed by atoms with E-state index >= 15 is 0 Å². The van der Waals surface area contributed by atoms with E-state index in [9.17, 15) is 19.2 Å². The summed E-state index contributed by atoms with van der Waals surface area (Å²) in [4.78, 5) is 71.9. The molecule has 0 saturated carbocycles. The van der Waals surface area contributed by atoms with Gasteiger partial charge in [-0.15, -0.1) is 0 Å². The lowest BCUT2D eigenvalue weighted by atomic mass is 9.98. The second kappa shape index (κ2) is 17.9. The lowest BCUT2D eigenvalue weighted by Gasteiger charge is -2.30. The molecule has 2 aromatic heterocycles. The third-order valence-electron chi connectivity index (χ3n) is 12.1. The zero-order valence-electron chi connectivity index (χ0n) is 35.6. The van der Waals surface area contributed by atoms with Gasteiger partial charge in [0.15, 0.2) is 0 Å². The molecule has 0 aliphatic carbocycles. The van der Waals surface area contributed by atoms with Gasteiger partial charge in [-0.05, 0) is 83.7 Å². The molecule has 2 saturated heterocycles. The molecule has 0 bridgehead atoms. The van der Waals surface area contributed by atoms with Gasteiger partial charge in [-0.3, -0.25) is 9.59 Å². The Balaban J connectivity index is 0.942. The van der Waals surface area contributed by atoms with Crippen LogP contribution in [0.1, 0.15) is 80.4 Å². The number of fused-ring (bicyclic) bond motifs is 1. The van der Waals surface area contributed by atoms with Gasteiger partial charge in [-0.25, -0.2) is 19.6 Å². The van der Waals surface area contributed by atoms with Crippen LogP contribution in [-0.2, 0) is 19.1 Å². The minimum absolute atomic E-state index is 0.108. The van der Waals surface area contributed by atoms with Crippen LogP contribution in [0.15, 0.2) is 97.3 Å². The van der Waals surface area contributed by atoms with E-state index in [2.05, 4.69) is 81.3 Å². The molecule has 320 valence electrons. The number of benzene rings is 4. The maximum absolute atomic E-state index is 14.0. The zero-order chi connectivity index (χ0) is 43.5. The van der Waals surface area contributed by atoms with Crippen LogP contribution in [-0.4, -0.2) is 87.1 Å². The molecule has 8 rings (SSSR count). The first-order chi connectivity index (χ1) is 30.0. The molecule has 4 N–H and O–H groups in total. The monoisotopic (exact) mass is 836 g/mol. The average molecular weight is 837 g/mol. The van der Waals surface area contributed by atoms with Crippen molar-refractivity contribution in [2.45, 2.75) is 70.6 Å². The van der Waals surface area contributed by atoms with Crippen LogP contribution in [0, 0.1) is 12.8 Å². The summed E-state index contributed by atoms with van der Waals surface area (Å²) in [7, 11) is 2.58. The number of nitrogens with zero attached hydrogens (tertiary/aromatic N) is 4. The van der Waals surface area contributed by atoms with E-state index < -0.39 is 24.3 Å². The number of carbonyl (C=O) groups excluding carboxylic acids is 4. The van der Waals surface area contributed by atoms with E-state index in [1.807, 2.05) is 62.3 Å². The minimum Gasteiger partial charge on any atom is -0.453 e. The van der Waals surface area contributed by atoms with Crippen molar-refractivity contribution in [3.63, 3.8) is 0 Å². The van der Waals surface area contributed by atoms with Gasteiger partial charge in [0.05, 0.1) is 50.1 Å². The SMILES string of the molecule is COC(=O)N[C@H](C(=O)N1CCC[C@H]1c1ncc(-c2ccc(-c3ccc4cc(-c5cnc([C@@H]6CCCN6C(=O)[C@@H](NC(=O)OC)C(C)C)[nH]5)ccc4c3)cc2)[nH]1)c1ccc(C)cc1. The predicted octanol–water partition coefficient (Wildman–Crippen LogP) is 8.40. The summed E-state index contributed by atoms with van der Waals surface area (Å²) in [6, 6.07) is 26.6. The third kappa shape index (κ3) is 8.63. The molecule has 2 aliphatic rings. The van der Waals surface area contributed by atoms with Crippen LogP contribution < -0.4 is 10.6 Å². The Kier molecular flexibility index (Phi) is 12.1. The molecule has 14 heteroatoms. The minimum atomic E-state index is -0.885. The lowest BCUT2D eigenvalue weighted by Crippen LogP contribution is -2.51. The van der Waals surface area contributed by atoms with Crippen molar-refractivity contribution in [1.29, 1.82) is 0 Å². The molecule has 4 amide bonds. The van der Waals surface area contributed by atoms with Crippen molar-refractivity contribution in [3.05, 3.63) is 120 Å². The number of methoxy groups -OCH3 is 2. The summed E-state index contributed by atoms with van der Waals surface area (Å²) >= 11 is 0. The molecule has 4 aromatic carbocycles. The second-order valence-electron chi connectivity index (χ2n) is 16.4. The van der Waals surface area contributed by atoms with Crippen molar-refractivity contribution in [2.24, 2.45) is 5.92 Å². The van der Waals surface area contributed by atoms with Gasteiger partial charge < -0.3 is 39.9 Å². The van der Waals surface area contributed by atoms with Crippen LogP contribution in [0.5, 0.6) is 0 Å². The van der Waals surface area contributed by atoms with Gasteiger partial charge in [-0.2, -0.15) is 0 Å². The van der Waals surface area contributed by atoms with Crippen molar-refractivity contribution >= 4 is 34.8 Å². The van der Waals surface area contributed by atoms with E-state index in [-0.39, 0.29) is 29.8 Å². The Labute approximate surface area is 360 Å². The van der Waals surface area contributed by atoms with Crippen molar-refractivity contribution < 1.29 is 28.7 Å². The second-order valence-corrected chi connectivity index (χ2v) is 16.4. The Bertz CT molecular complexity index is 2580. The summed E-state index contributed by atoms with van der Waals surface area (Å²) in [5.41, 5.74) is 7.58. The Morgan fingerprint density at radius 1 is 0.645 bits per heavy atom. The fourth-order valence-corrected chi connectivity index (χ4v) is 8.64. The molecule has 2 aliphatic heterocycles. The van der Waals surface area contributed by atoms with Crippen molar-refractivity contribution in [1.82, 2.24) is 40.4 Å². The Hall–Kier alpha value is -6.96. The molecule has 0 spiro atoms. The molecule has 0 radical (unpaired) electrons. The van der Waals surface area contributed by atoms with Crippen LogP contribution in [0.25, 0.3) is 44.4 Å². The molecule has 4 atom stereocenters. The van der Waals surface area contributed by atoms with Crippen LogP contribution in [0.2, 0.25) is 0 Å². The highest BCUT2D eigenvalue weighted by molar-refractivity contribution is 5.91. The first-order valence-electron chi connectivity index (χ1n) is 21.1. The summed E-state index contributed by atoms with van der Waals surface area (Å²) in [5.74, 6) is 0.975. The number of hydrogen-bond acceptors (Lipinski definition) is 8. The molecule has 6 aromatic rings. The van der Waals surface area contributed by atoms with Crippen LogP contribution in [0.4, 0.5) is 9.59 Å². The molecule has 14 nitrogen and oxygen atoms in total. The van der Waals surface area contributed by atoms with Gasteiger partial charge in [0, 0.05) is 18.7 Å². The molecule has 4 heterocycles. The van der Waals surface area contributed by atoms with Gasteiger partial charge in [0.1, 0.15) is 23.7 Å². The van der Waals surface area contributed by atoms with Crippen molar-refractivity contribution in [3.8, 4) is 33.6 Å². The number of aromatic amines is 2. The average Bonchev–Trinajstić information content (AvgIpc) is 4.14. The predicted molar refractivity (Wildman–Crippen MR) is 236 cm³/mol. The number of ether oxygens (including phenoxy) is 2. The number of carbonyl (C=O) groups is 4. The quantitative estimate of drug-likeness (QED) is 0.101. The standard InChI is InChI=1S/C48H52N8O6/c1-28(2)41(53-47(59)61-4)45(57)55-22-6-8-39(55)44-50-27-38(52-44)36-21-20-34-24-33(18-19-35(34)25-36)30-14-16-31(17-15-30)37-26-49-43(51-37)40-9-7-23-56(40)46(58)42(54-48(60)62-5)32-12-10-29(3)11-13-32/h10-21,24-28,39-42H,6-9,22-23H2,1-5H3,(H,49,51)(H,50,52)(H,53,59)(H,54,60)/t39-,40-,41-,42-/m0/s1. The van der Waals surface area contributed by atoms with E-state index in [1.54, 1.807) is 4.90 Å². The summed E-state index contributed by atoms with van der Waals surface area (Å²) in [6.07, 6.45) is 5.53. The number of amides is 4. The number of aryl methyl sites for hydroxylation is 1. The van der Waals surface area contributed by atoms with E-state index in [0.717, 1.165) is 81.5 Å². The number of imidazole rings is 2. The van der Waals surface area contributed by atoms with Crippen molar-refractivity contribution in [2.75, 3.05) is 27.3 Å². The maximum Gasteiger partial charge on any atom is 0.407 e. The van der Waals surface area contributed by atoms with Gasteiger partial charge in [0.2, 0.25) is 5.91 Å². The molecular weight excluding hydrogens is 785 g/mol. The normalized spacial score (nSPS) is 17.3. The highest BCUT2D eigenvalue weighted by atomic mass is 16.5. The number of nitrogens with one attached hydrogen (secondary N) is 4. The number of hydrogen-bond donors (Lipinski definition) is 4. The maximum atomic E-state index is 14.0. The third-order valence-corrected chi connectivity index (χ3v) is 12.1. The first kappa shape index (κ1) is 41.8. The summed E-state index contributed by atoms with van der Waals surface area (Å²) in [6.45, 7) is 6.93. The molecule has 62 heavy (non-hydrogen) atoms. The van der Waals surface area contributed by atoms with Gasteiger partial charge >= 0.3 is 12.2 Å². The van der Waals surface area contributed by atoms with Gasteiger partial charge in [-0.1, -0.05) is 92.2 Å². The smallest absolute Gasteiger partial charge is 0.407 e. The fraction of sp³-hybridized carbons (Fsp3) is 0.333. The highest BCUT2D eigenvalue weighted by Gasteiger charge is 2.39.